The van der Waals surface area contributed by atoms with Crippen LogP contribution in [0.5, 0.6) is 0 Å². The summed E-state index contributed by atoms with van der Waals surface area (Å²) in [6, 6.07) is 5.31. The monoisotopic (exact) mass is 335 g/mol. The van der Waals surface area contributed by atoms with Gasteiger partial charge in [0.05, 0.1) is 4.90 Å². The molecule has 22 heavy (non-hydrogen) atoms. The van der Waals surface area contributed by atoms with Gasteiger partial charge in [-0.05, 0) is 62.5 Å². The summed E-state index contributed by atoms with van der Waals surface area (Å²) in [7, 11) is -5.27. The van der Waals surface area contributed by atoms with E-state index in [0.29, 0.717) is 5.56 Å². The molecule has 0 saturated carbocycles. The maximum absolute atomic E-state index is 12.6. The van der Waals surface area contributed by atoms with Gasteiger partial charge >= 0.3 is 5.51 Å². The number of benzene rings is 1. The highest BCUT2D eigenvalue weighted by Crippen LogP contribution is 2.34. The van der Waals surface area contributed by atoms with Crippen molar-refractivity contribution >= 4 is 9.84 Å². The molecule has 3 nitrogen and oxygen atoms in total. The zero-order chi connectivity index (χ0) is 16.4. The van der Waals surface area contributed by atoms with Crippen molar-refractivity contribution in [3.63, 3.8) is 0 Å². The van der Waals surface area contributed by atoms with E-state index in [1.54, 1.807) is 6.07 Å². The van der Waals surface area contributed by atoms with Crippen molar-refractivity contribution < 1.29 is 21.6 Å². The minimum Gasteiger partial charge on any atom is -0.303 e. The smallest absolute Gasteiger partial charge is 0.303 e. The summed E-state index contributed by atoms with van der Waals surface area (Å²) < 4.78 is 60.9. The fourth-order valence-electron chi connectivity index (χ4n) is 2.88. The second kappa shape index (κ2) is 6.58. The number of piperidine rings is 1. The van der Waals surface area contributed by atoms with Crippen LogP contribution in [-0.2, 0) is 9.84 Å². The highest BCUT2D eigenvalue weighted by Gasteiger charge is 2.46. The molecule has 1 aromatic carbocycles. The van der Waals surface area contributed by atoms with E-state index in [4.69, 9.17) is 0 Å². The predicted octanol–water partition coefficient (Wildman–Crippen LogP) is 3.57. The van der Waals surface area contributed by atoms with Gasteiger partial charge in [0, 0.05) is 0 Å². The molecule has 1 aliphatic rings. The molecule has 0 aromatic heterocycles. The summed E-state index contributed by atoms with van der Waals surface area (Å²) in [5.74, 6) is 0.122. The first kappa shape index (κ1) is 17.3. The summed E-state index contributed by atoms with van der Waals surface area (Å²) in [5.41, 5.74) is -4.57. The Balaban J connectivity index is 2.17. The molecule has 1 saturated heterocycles. The van der Waals surface area contributed by atoms with Gasteiger partial charge in [-0.1, -0.05) is 19.1 Å². The van der Waals surface area contributed by atoms with E-state index in [1.165, 1.54) is 12.1 Å². The van der Waals surface area contributed by atoms with Crippen LogP contribution in [0.2, 0.25) is 0 Å². The van der Waals surface area contributed by atoms with Crippen LogP contribution in [-0.4, -0.2) is 38.5 Å². The van der Waals surface area contributed by atoms with Gasteiger partial charge < -0.3 is 4.90 Å². The summed E-state index contributed by atoms with van der Waals surface area (Å²) in [4.78, 5) is 1.67. The van der Waals surface area contributed by atoms with Crippen LogP contribution < -0.4 is 0 Å². The predicted molar refractivity (Wildman–Crippen MR) is 78.4 cm³/mol. The first-order valence-corrected chi connectivity index (χ1v) is 8.87. The largest absolute Gasteiger partial charge is 0.501 e. The molecule has 124 valence electrons. The number of rotatable bonds is 4. The van der Waals surface area contributed by atoms with Crippen LogP contribution in [0.4, 0.5) is 13.2 Å². The second-order valence-corrected chi connectivity index (χ2v) is 7.58. The normalized spacial score (nSPS) is 18.5. The van der Waals surface area contributed by atoms with Crippen molar-refractivity contribution in [2.75, 3.05) is 19.6 Å². The number of sulfone groups is 1. The van der Waals surface area contributed by atoms with E-state index in [0.717, 1.165) is 45.0 Å². The van der Waals surface area contributed by atoms with Gasteiger partial charge in [-0.25, -0.2) is 8.42 Å². The summed E-state index contributed by atoms with van der Waals surface area (Å²) in [6.07, 6.45) is 2.76. The molecule has 0 atom stereocenters. The maximum Gasteiger partial charge on any atom is 0.501 e. The lowest BCUT2D eigenvalue weighted by molar-refractivity contribution is -0.0436. The SMILES string of the molecule is CCCN1CCC(c2cccc(S(=O)(=O)C(F)(F)F)c2)CC1. The molecule has 0 radical (unpaired) electrons. The highest BCUT2D eigenvalue weighted by atomic mass is 32.2. The average molecular weight is 335 g/mol. The Labute approximate surface area is 129 Å². The Kier molecular flexibility index (Phi) is 5.17. The quantitative estimate of drug-likeness (QED) is 0.844. The van der Waals surface area contributed by atoms with Gasteiger partial charge in [-0.2, -0.15) is 13.2 Å². The van der Waals surface area contributed by atoms with Gasteiger partial charge in [0.25, 0.3) is 9.84 Å². The number of hydrogen-bond acceptors (Lipinski definition) is 3. The Hall–Kier alpha value is -1.08. The van der Waals surface area contributed by atoms with Crippen molar-refractivity contribution in [3.8, 4) is 0 Å². The molecule has 0 amide bonds. The molecular weight excluding hydrogens is 315 g/mol. The van der Waals surface area contributed by atoms with Crippen molar-refractivity contribution in [1.82, 2.24) is 4.90 Å². The lowest BCUT2D eigenvalue weighted by Gasteiger charge is -2.32. The molecule has 2 rings (SSSR count). The Morgan fingerprint density at radius 3 is 2.41 bits per heavy atom. The van der Waals surface area contributed by atoms with Crippen molar-refractivity contribution in [3.05, 3.63) is 29.8 Å². The van der Waals surface area contributed by atoms with Crippen LogP contribution in [0, 0.1) is 0 Å². The van der Waals surface area contributed by atoms with E-state index in [1.807, 2.05) is 0 Å². The van der Waals surface area contributed by atoms with E-state index in [2.05, 4.69) is 11.8 Å². The zero-order valence-electron chi connectivity index (χ0n) is 12.4. The lowest BCUT2D eigenvalue weighted by atomic mass is 9.89. The van der Waals surface area contributed by atoms with Gasteiger partial charge in [0.15, 0.2) is 0 Å². The standard InChI is InChI=1S/C15H20F3NO2S/c1-2-8-19-9-6-12(7-10-19)13-4-3-5-14(11-13)22(20,21)15(16,17)18/h3-5,11-12H,2,6-10H2,1H3. The second-order valence-electron chi connectivity index (χ2n) is 5.64. The average Bonchev–Trinajstić information content (AvgIpc) is 2.47. The zero-order valence-corrected chi connectivity index (χ0v) is 13.3. The third kappa shape index (κ3) is 3.63. The summed E-state index contributed by atoms with van der Waals surface area (Å²) >= 11 is 0. The molecule has 1 fully saturated rings. The van der Waals surface area contributed by atoms with E-state index < -0.39 is 20.2 Å². The molecule has 0 aliphatic carbocycles. The van der Waals surface area contributed by atoms with Gasteiger partial charge in [-0.3, -0.25) is 0 Å². The summed E-state index contributed by atoms with van der Waals surface area (Å²) in [6.45, 7) is 4.93. The topological polar surface area (TPSA) is 37.4 Å². The van der Waals surface area contributed by atoms with Crippen LogP contribution in [0.15, 0.2) is 29.2 Å². The first-order chi connectivity index (χ1) is 10.3. The van der Waals surface area contributed by atoms with Gasteiger partial charge in [0.1, 0.15) is 0 Å². The van der Waals surface area contributed by atoms with Crippen LogP contribution in [0.1, 0.15) is 37.7 Å². The highest BCUT2D eigenvalue weighted by molar-refractivity contribution is 7.92. The van der Waals surface area contributed by atoms with Crippen LogP contribution >= 0.6 is 0 Å². The number of halogens is 3. The fraction of sp³-hybridized carbons (Fsp3) is 0.600. The van der Waals surface area contributed by atoms with Crippen LogP contribution in [0.25, 0.3) is 0 Å². The maximum atomic E-state index is 12.6. The van der Waals surface area contributed by atoms with Crippen LogP contribution in [0.3, 0.4) is 0 Å². The Morgan fingerprint density at radius 2 is 1.86 bits per heavy atom. The van der Waals surface area contributed by atoms with E-state index in [9.17, 15) is 21.6 Å². The Morgan fingerprint density at radius 1 is 1.23 bits per heavy atom. The molecule has 0 spiro atoms. The Bertz CT molecular complexity index is 605. The van der Waals surface area contributed by atoms with E-state index >= 15 is 0 Å². The molecule has 7 heteroatoms. The molecule has 1 aliphatic heterocycles. The number of likely N-dealkylation sites (tertiary alicyclic amines) is 1. The first-order valence-electron chi connectivity index (χ1n) is 7.39. The number of alkyl halides is 3. The number of hydrogen-bond donors (Lipinski definition) is 0. The summed E-state index contributed by atoms with van der Waals surface area (Å²) in [5, 5.41) is 0. The minimum atomic E-state index is -5.27. The van der Waals surface area contributed by atoms with E-state index in [-0.39, 0.29) is 5.92 Å². The minimum absolute atomic E-state index is 0.122. The third-order valence-electron chi connectivity index (χ3n) is 4.07. The molecule has 1 aromatic rings. The number of nitrogens with zero attached hydrogens (tertiary/aromatic N) is 1. The molecule has 1 heterocycles. The third-order valence-corrected chi connectivity index (χ3v) is 5.56. The van der Waals surface area contributed by atoms with Crippen molar-refractivity contribution in [2.45, 2.75) is 42.5 Å². The van der Waals surface area contributed by atoms with Gasteiger partial charge in [0.2, 0.25) is 0 Å². The van der Waals surface area contributed by atoms with Crippen molar-refractivity contribution in [1.29, 1.82) is 0 Å². The molecule has 0 N–H and O–H groups in total. The molecular formula is C15H20F3NO2S. The van der Waals surface area contributed by atoms with Crippen molar-refractivity contribution in [2.24, 2.45) is 0 Å². The van der Waals surface area contributed by atoms with Gasteiger partial charge in [-0.15, -0.1) is 0 Å². The molecule has 0 unspecified atom stereocenters. The fourth-order valence-corrected chi connectivity index (χ4v) is 3.69. The molecule has 0 bridgehead atoms. The lowest BCUT2D eigenvalue weighted by Crippen LogP contribution is -2.33.